The van der Waals surface area contributed by atoms with Gasteiger partial charge in [0.05, 0.1) is 35.6 Å². The summed E-state index contributed by atoms with van der Waals surface area (Å²) in [6.45, 7) is 2.55. The van der Waals surface area contributed by atoms with Gasteiger partial charge in [-0.05, 0) is 42.5 Å². The SMILES string of the molecule is COc1ccc2c(OCc3nnc4ccc(-c5ccc(C(=O)N6CCOCC6)s5)nn34)ccnc2c1. The molecule has 0 spiro atoms. The number of fused-ring (bicyclic) bond motifs is 2. The van der Waals surface area contributed by atoms with Crippen LogP contribution >= 0.6 is 11.3 Å². The molecule has 1 amide bonds. The van der Waals surface area contributed by atoms with Crippen LogP contribution < -0.4 is 9.47 Å². The van der Waals surface area contributed by atoms with Gasteiger partial charge in [0, 0.05) is 30.7 Å². The first kappa shape index (κ1) is 22.4. The molecular weight excluding hydrogens is 480 g/mol. The molecule has 1 aromatic carbocycles. The van der Waals surface area contributed by atoms with Gasteiger partial charge in [-0.15, -0.1) is 21.5 Å². The largest absolute Gasteiger partial charge is 0.497 e. The normalized spacial score (nSPS) is 13.9. The van der Waals surface area contributed by atoms with Crippen molar-refractivity contribution in [1.29, 1.82) is 0 Å². The number of carbonyl (C=O) groups is 1. The summed E-state index contributed by atoms with van der Waals surface area (Å²) in [5.41, 5.74) is 2.12. The van der Waals surface area contributed by atoms with Crippen LogP contribution in [0.3, 0.4) is 0 Å². The van der Waals surface area contributed by atoms with Crippen LogP contribution in [-0.2, 0) is 11.3 Å². The molecule has 0 N–H and O–H groups in total. The van der Waals surface area contributed by atoms with E-state index in [2.05, 4.69) is 15.2 Å². The lowest BCUT2D eigenvalue weighted by Crippen LogP contribution is -2.40. The van der Waals surface area contributed by atoms with Crippen LogP contribution in [0.25, 0.3) is 27.1 Å². The first-order valence-corrected chi connectivity index (χ1v) is 12.3. The summed E-state index contributed by atoms with van der Waals surface area (Å²) in [5, 5.41) is 14.1. The number of hydrogen-bond donors (Lipinski definition) is 0. The van der Waals surface area contributed by atoms with Crippen molar-refractivity contribution >= 4 is 33.8 Å². The molecule has 10 nitrogen and oxygen atoms in total. The minimum Gasteiger partial charge on any atom is -0.497 e. The van der Waals surface area contributed by atoms with Gasteiger partial charge in [-0.3, -0.25) is 9.78 Å². The number of hydrogen-bond acceptors (Lipinski definition) is 9. The molecule has 0 unspecified atom stereocenters. The van der Waals surface area contributed by atoms with Crippen molar-refractivity contribution < 1.29 is 19.0 Å². The van der Waals surface area contributed by atoms with E-state index in [1.165, 1.54) is 11.3 Å². The Kier molecular flexibility index (Phi) is 5.91. The predicted octanol–water partition coefficient (Wildman–Crippen LogP) is 3.46. The lowest BCUT2D eigenvalue weighted by molar-refractivity contribution is 0.0306. The molecule has 1 aliphatic heterocycles. The molecule has 0 atom stereocenters. The second-order valence-corrected chi connectivity index (χ2v) is 9.24. The van der Waals surface area contributed by atoms with Gasteiger partial charge >= 0.3 is 0 Å². The van der Waals surface area contributed by atoms with E-state index in [0.29, 0.717) is 48.4 Å². The molecular formula is C25H22N6O4S. The molecule has 0 aliphatic carbocycles. The van der Waals surface area contributed by atoms with Gasteiger partial charge in [0.25, 0.3) is 5.91 Å². The molecule has 0 radical (unpaired) electrons. The van der Waals surface area contributed by atoms with Crippen molar-refractivity contribution in [2.45, 2.75) is 6.61 Å². The fourth-order valence-electron chi connectivity index (χ4n) is 4.06. The Balaban J connectivity index is 1.24. The molecule has 6 rings (SSSR count). The summed E-state index contributed by atoms with van der Waals surface area (Å²) in [6.07, 6.45) is 1.70. The summed E-state index contributed by atoms with van der Waals surface area (Å²) < 4.78 is 18.4. The van der Waals surface area contributed by atoms with Crippen LogP contribution in [0.15, 0.2) is 54.7 Å². The zero-order chi connectivity index (χ0) is 24.5. The Morgan fingerprint density at radius 1 is 1.08 bits per heavy atom. The highest BCUT2D eigenvalue weighted by Gasteiger charge is 2.21. The molecule has 1 saturated heterocycles. The number of thiophene rings is 1. The lowest BCUT2D eigenvalue weighted by atomic mass is 10.2. The second-order valence-electron chi connectivity index (χ2n) is 8.15. The third kappa shape index (κ3) is 4.23. The Labute approximate surface area is 210 Å². The van der Waals surface area contributed by atoms with Crippen molar-refractivity contribution in [2.75, 3.05) is 33.4 Å². The summed E-state index contributed by atoms with van der Waals surface area (Å²) in [6, 6.07) is 15.0. The number of amides is 1. The third-order valence-electron chi connectivity index (χ3n) is 5.96. The molecule has 5 aromatic rings. The van der Waals surface area contributed by atoms with Crippen LogP contribution in [-0.4, -0.2) is 69.0 Å². The van der Waals surface area contributed by atoms with E-state index in [9.17, 15) is 4.79 Å². The number of carbonyl (C=O) groups excluding carboxylic acids is 1. The molecule has 182 valence electrons. The van der Waals surface area contributed by atoms with Crippen LogP contribution in [0.2, 0.25) is 0 Å². The van der Waals surface area contributed by atoms with Crippen molar-refractivity contribution in [3.63, 3.8) is 0 Å². The molecule has 11 heteroatoms. The minimum absolute atomic E-state index is 0.0243. The zero-order valence-electron chi connectivity index (χ0n) is 19.5. The van der Waals surface area contributed by atoms with E-state index in [1.807, 2.05) is 53.4 Å². The average Bonchev–Trinajstić information content (AvgIpc) is 3.59. The topological polar surface area (TPSA) is 104 Å². The van der Waals surface area contributed by atoms with Gasteiger partial charge in [-0.25, -0.2) is 0 Å². The fraction of sp³-hybridized carbons (Fsp3) is 0.240. The lowest BCUT2D eigenvalue weighted by Gasteiger charge is -2.26. The monoisotopic (exact) mass is 502 g/mol. The summed E-state index contributed by atoms with van der Waals surface area (Å²) in [5.74, 6) is 2.00. The van der Waals surface area contributed by atoms with Crippen molar-refractivity contribution in [3.05, 3.63) is 65.4 Å². The minimum atomic E-state index is 0.0243. The smallest absolute Gasteiger partial charge is 0.264 e. The van der Waals surface area contributed by atoms with Crippen LogP contribution in [0.1, 0.15) is 15.5 Å². The average molecular weight is 503 g/mol. The molecule has 1 fully saturated rings. The number of morpholine rings is 1. The number of aromatic nitrogens is 5. The third-order valence-corrected chi connectivity index (χ3v) is 7.06. The number of ether oxygens (including phenoxy) is 3. The van der Waals surface area contributed by atoms with Gasteiger partial charge in [0.15, 0.2) is 11.5 Å². The summed E-state index contributed by atoms with van der Waals surface area (Å²) in [4.78, 5) is 20.6. The Bertz CT molecular complexity index is 1560. The number of pyridine rings is 1. The molecule has 5 heterocycles. The Hall–Kier alpha value is -4.09. The molecule has 1 aliphatic rings. The molecule has 36 heavy (non-hydrogen) atoms. The standard InChI is InChI=1S/C25H22N6O4S/c1-33-16-2-3-17-19(14-16)26-9-8-20(17)35-15-24-28-27-23-7-4-18(29-31(23)24)21-5-6-22(36-21)25(32)30-10-12-34-13-11-30/h2-9,14H,10-13,15H2,1H3. The maximum absolute atomic E-state index is 12.8. The number of nitrogens with zero attached hydrogens (tertiary/aromatic N) is 6. The van der Waals surface area contributed by atoms with E-state index >= 15 is 0 Å². The number of methoxy groups -OCH3 is 1. The van der Waals surface area contributed by atoms with E-state index in [0.717, 1.165) is 27.2 Å². The Morgan fingerprint density at radius 3 is 2.83 bits per heavy atom. The van der Waals surface area contributed by atoms with Crippen molar-refractivity contribution in [2.24, 2.45) is 0 Å². The highest BCUT2D eigenvalue weighted by atomic mass is 32.1. The van der Waals surface area contributed by atoms with Gasteiger partial charge in [-0.1, -0.05) is 0 Å². The van der Waals surface area contributed by atoms with Crippen molar-refractivity contribution in [1.82, 2.24) is 29.7 Å². The van der Waals surface area contributed by atoms with Crippen LogP contribution in [0.4, 0.5) is 0 Å². The van der Waals surface area contributed by atoms with Crippen LogP contribution in [0, 0.1) is 0 Å². The van der Waals surface area contributed by atoms with E-state index < -0.39 is 0 Å². The number of benzene rings is 1. The zero-order valence-corrected chi connectivity index (χ0v) is 20.3. The molecule has 0 bridgehead atoms. The first-order valence-electron chi connectivity index (χ1n) is 11.4. The van der Waals surface area contributed by atoms with Gasteiger partial charge in [0.1, 0.15) is 23.8 Å². The molecule has 4 aromatic heterocycles. The van der Waals surface area contributed by atoms with E-state index in [1.54, 1.807) is 17.8 Å². The highest BCUT2D eigenvalue weighted by Crippen LogP contribution is 2.29. The van der Waals surface area contributed by atoms with E-state index in [4.69, 9.17) is 19.3 Å². The maximum Gasteiger partial charge on any atom is 0.264 e. The number of rotatable bonds is 6. The van der Waals surface area contributed by atoms with Crippen molar-refractivity contribution in [3.8, 4) is 22.1 Å². The quantitative estimate of drug-likeness (QED) is 0.348. The second kappa shape index (κ2) is 9.51. The maximum atomic E-state index is 12.8. The van der Waals surface area contributed by atoms with E-state index in [-0.39, 0.29) is 12.5 Å². The van der Waals surface area contributed by atoms with Gasteiger partial charge in [-0.2, -0.15) is 9.61 Å². The summed E-state index contributed by atoms with van der Waals surface area (Å²) >= 11 is 1.42. The molecule has 0 saturated carbocycles. The fourth-order valence-corrected chi connectivity index (χ4v) is 5.00. The van der Waals surface area contributed by atoms with Gasteiger partial charge < -0.3 is 19.1 Å². The summed E-state index contributed by atoms with van der Waals surface area (Å²) in [7, 11) is 1.62. The first-order chi connectivity index (χ1) is 17.7. The van der Waals surface area contributed by atoms with Gasteiger partial charge in [0.2, 0.25) is 0 Å². The predicted molar refractivity (Wildman–Crippen MR) is 133 cm³/mol. The van der Waals surface area contributed by atoms with Crippen LogP contribution in [0.5, 0.6) is 11.5 Å². The highest BCUT2D eigenvalue weighted by molar-refractivity contribution is 7.17. The Morgan fingerprint density at radius 2 is 1.97 bits per heavy atom.